The highest BCUT2D eigenvalue weighted by atomic mass is 32.1. The molecule has 0 radical (unpaired) electrons. The lowest BCUT2D eigenvalue weighted by Gasteiger charge is -1.89. The lowest BCUT2D eigenvalue weighted by atomic mass is 10.5. The number of hydrogen-bond acceptors (Lipinski definition) is 7. The van der Waals surface area contributed by atoms with Crippen molar-refractivity contribution in [2.45, 2.75) is 0 Å². The summed E-state index contributed by atoms with van der Waals surface area (Å²) in [5.74, 6) is -1.55. The van der Waals surface area contributed by atoms with Crippen molar-refractivity contribution in [2.24, 2.45) is 0 Å². The fourth-order valence-electron chi connectivity index (χ4n) is 0.873. The van der Waals surface area contributed by atoms with Crippen LogP contribution in [0.2, 0.25) is 0 Å². The number of aromatic carboxylic acids is 1. The molecule has 0 fully saturated rings. The van der Waals surface area contributed by atoms with Gasteiger partial charge < -0.3 is 9.84 Å². The Kier molecular flexibility index (Phi) is 5.21. The molecule has 10 heteroatoms. The van der Waals surface area contributed by atoms with Gasteiger partial charge in [-0.15, -0.1) is 0 Å². The number of H-pyrrole nitrogens is 2. The van der Waals surface area contributed by atoms with Crippen molar-refractivity contribution >= 4 is 35.0 Å². The molecule has 0 saturated heterocycles. The molecule has 0 spiro atoms. The van der Waals surface area contributed by atoms with Crippen molar-refractivity contribution in [1.29, 1.82) is 0 Å². The second-order valence-electron chi connectivity index (χ2n) is 2.95. The van der Waals surface area contributed by atoms with Crippen molar-refractivity contribution in [1.82, 2.24) is 8.75 Å². The van der Waals surface area contributed by atoms with E-state index >= 15 is 0 Å². The molecular weight excluding hydrogens is 296 g/mol. The van der Waals surface area contributed by atoms with Gasteiger partial charge in [0.25, 0.3) is 11.1 Å². The molecule has 0 aromatic carbocycles. The Morgan fingerprint density at radius 2 is 1.58 bits per heavy atom. The largest absolute Gasteiger partial charge is 0.477 e. The number of rotatable bonds is 2. The molecule has 2 aromatic rings. The SMILES string of the molecule is COC(=O)c1cc(=O)[nH]s1.O=C(O)c1cc(=O)[nH]s1. The number of carboxylic acid groups (broad SMARTS) is 1. The fourth-order valence-corrected chi connectivity index (χ4v) is 2.00. The van der Waals surface area contributed by atoms with Gasteiger partial charge in [-0.2, -0.15) is 0 Å². The van der Waals surface area contributed by atoms with E-state index in [9.17, 15) is 19.2 Å². The maximum absolute atomic E-state index is 10.7. The highest BCUT2D eigenvalue weighted by Crippen LogP contribution is 2.01. The first kappa shape index (κ1) is 14.9. The summed E-state index contributed by atoms with van der Waals surface area (Å²) in [6.45, 7) is 0. The molecule has 0 unspecified atom stereocenters. The zero-order valence-corrected chi connectivity index (χ0v) is 11.1. The fraction of sp³-hybridized carbons (Fsp3) is 0.111. The Labute approximate surface area is 113 Å². The van der Waals surface area contributed by atoms with Gasteiger partial charge in [-0.05, 0) is 0 Å². The highest BCUT2D eigenvalue weighted by Gasteiger charge is 2.06. The van der Waals surface area contributed by atoms with Crippen LogP contribution in [-0.4, -0.2) is 32.9 Å². The highest BCUT2D eigenvalue weighted by molar-refractivity contribution is 7.08. The number of carbonyl (C=O) groups excluding carboxylic acids is 1. The van der Waals surface area contributed by atoms with E-state index in [1.807, 2.05) is 0 Å². The average Bonchev–Trinajstić information content (AvgIpc) is 2.98. The average molecular weight is 304 g/mol. The standard InChI is InChI=1S/C5H5NO3S.C4H3NO3S/c1-9-5(8)3-2-4(7)6-10-3;6-3-1-2(4(7)8)9-5-3/h2H,1H3,(H,6,7);1H,(H,5,6)(H,7,8). The molecule has 0 amide bonds. The van der Waals surface area contributed by atoms with Gasteiger partial charge in [-0.1, -0.05) is 23.1 Å². The molecule has 3 N–H and O–H groups in total. The van der Waals surface area contributed by atoms with Gasteiger partial charge in [0.15, 0.2) is 0 Å². The number of ether oxygens (including phenoxy) is 1. The monoisotopic (exact) mass is 304 g/mol. The summed E-state index contributed by atoms with van der Waals surface area (Å²) < 4.78 is 8.99. The third-order valence-electron chi connectivity index (χ3n) is 1.64. The molecule has 0 aliphatic carbocycles. The Bertz CT molecular complexity index is 679. The van der Waals surface area contributed by atoms with Crippen molar-refractivity contribution in [3.63, 3.8) is 0 Å². The summed E-state index contributed by atoms with van der Waals surface area (Å²) in [5.41, 5.74) is -0.636. The second-order valence-corrected chi connectivity index (χ2v) is 4.65. The third-order valence-corrected chi connectivity index (χ3v) is 3.27. The molecule has 0 saturated carbocycles. The van der Waals surface area contributed by atoms with E-state index < -0.39 is 11.9 Å². The van der Waals surface area contributed by atoms with Crippen LogP contribution in [0.1, 0.15) is 19.3 Å². The molecule has 8 nitrogen and oxygen atoms in total. The van der Waals surface area contributed by atoms with Gasteiger partial charge in [0.05, 0.1) is 7.11 Å². The van der Waals surface area contributed by atoms with Crippen molar-refractivity contribution in [3.05, 3.63) is 42.6 Å². The van der Waals surface area contributed by atoms with Crippen LogP contribution in [0, 0.1) is 0 Å². The Hall–Kier alpha value is -2.20. The Morgan fingerprint density at radius 1 is 1.11 bits per heavy atom. The van der Waals surface area contributed by atoms with E-state index in [0.29, 0.717) is 4.88 Å². The van der Waals surface area contributed by atoms with E-state index in [2.05, 4.69) is 13.5 Å². The van der Waals surface area contributed by atoms with Gasteiger partial charge in [-0.25, -0.2) is 9.59 Å². The molecule has 19 heavy (non-hydrogen) atoms. The topological polar surface area (TPSA) is 129 Å². The van der Waals surface area contributed by atoms with Gasteiger partial charge in [0, 0.05) is 12.1 Å². The molecule has 102 valence electrons. The first-order chi connectivity index (χ1) is 8.93. The van der Waals surface area contributed by atoms with Crippen LogP contribution in [0.5, 0.6) is 0 Å². The number of carboxylic acids is 1. The summed E-state index contributed by atoms with van der Waals surface area (Å²) >= 11 is 1.79. The van der Waals surface area contributed by atoms with E-state index in [1.54, 1.807) is 0 Å². The predicted octanol–water partition coefficient (Wildman–Crippen LogP) is 0.358. The van der Waals surface area contributed by atoms with Crippen LogP contribution in [0.4, 0.5) is 0 Å². The van der Waals surface area contributed by atoms with Crippen LogP contribution in [0.3, 0.4) is 0 Å². The van der Waals surface area contributed by atoms with Gasteiger partial charge >= 0.3 is 11.9 Å². The Balaban J connectivity index is 0.000000191. The van der Waals surface area contributed by atoms with E-state index in [1.165, 1.54) is 13.2 Å². The van der Waals surface area contributed by atoms with E-state index in [0.717, 1.165) is 29.1 Å². The maximum atomic E-state index is 10.7. The molecule has 2 heterocycles. The predicted molar refractivity (Wildman–Crippen MR) is 68.2 cm³/mol. The lowest BCUT2D eigenvalue weighted by molar-refractivity contribution is 0.0605. The number of nitrogens with one attached hydrogen (secondary N) is 2. The zero-order valence-electron chi connectivity index (χ0n) is 9.46. The van der Waals surface area contributed by atoms with Crippen molar-refractivity contribution in [2.75, 3.05) is 7.11 Å². The van der Waals surface area contributed by atoms with Crippen LogP contribution in [0.25, 0.3) is 0 Å². The minimum atomic E-state index is -1.07. The number of aromatic nitrogens is 2. The number of methoxy groups -OCH3 is 1. The summed E-state index contributed by atoms with van der Waals surface area (Å²) in [5, 5.41) is 8.25. The van der Waals surface area contributed by atoms with Crippen LogP contribution >= 0.6 is 23.1 Å². The maximum Gasteiger partial charge on any atom is 0.349 e. The molecule has 0 aliphatic rings. The van der Waals surface area contributed by atoms with Crippen LogP contribution in [-0.2, 0) is 4.74 Å². The first-order valence-corrected chi connectivity index (χ1v) is 6.26. The molecule has 0 atom stereocenters. The lowest BCUT2D eigenvalue weighted by Crippen LogP contribution is -1.99. The summed E-state index contributed by atoms with van der Waals surface area (Å²) in [6, 6.07) is 2.25. The quantitative estimate of drug-likeness (QED) is 0.687. The van der Waals surface area contributed by atoms with Crippen LogP contribution < -0.4 is 11.1 Å². The van der Waals surface area contributed by atoms with Crippen molar-refractivity contribution in [3.8, 4) is 0 Å². The molecule has 0 bridgehead atoms. The summed E-state index contributed by atoms with van der Waals surface area (Å²) in [4.78, 5) is 41.8. The van der Waals surface area contributed by atoms with Gasteiger partial charge in [0.2, 0.25) is 0 Å². The van der Waals surface area contributed by atoms with Gasteiger partial charge in [0.1, 0.15) is 9.75 Å². The van der Waals surface area contributed by atoms with Crippen molar-refractivity contribution < 1.29 is 19.4 Å². The first-order valence-electron chi connectivity index (χ1n) is 4.62. The Morgan fingerprint density at radius 3 is 1.84 bits per heavy atom. The number of carbonyl (C=O) groups is 2. The molecule has 0 aliphatic heterocycles. The third kappa shape index (κ3) is 4.52. The molecular formula is C9H8N2O6S2. The number of esters is 1. The minimum absolute atomic E-state index is 0.0417. The normalized spacial score (nSPS) is 9.32. The zero-order chi connectivity index (χ0) is 14.4. The minimum Gasteiger partial charge on any atom is -0.477 e. The summed E-state index contributed by atoms with van der Waals surface area (Å²) in [6.07, 6.45) is 0. The summed E-state index contributed by atoms with van der Waals surface area (Å²) in [7, 11) is 1.27. The molecule has 2 aromatic heterocycles. The second kappa shape index (κ2) is 6.66. The number of aromatic amines is 2. The van der Waals surface area contributed by atoms with E-state index in [-0.39, 0.29) is 16.0 Å². The van der Waals surface area contributed by atoms with Gasteiger partial charge in [-0.3, -0.25) is 18.3 Å². The molecule has 2 rings (SSSR count). The number of hydrogen-bond donors (Lipinski definition) is 3. The van der Waals surface area contributed by atoms with Crippen LogP contribution in [0.15, 0.2) is 21.7 Å². The van der Waals surface area contributed by atoms with E-state index in [4.69, 9.17) is 5.11 Å². The smallest absolute Gasteiger partial charge is 0.349 e.